The molecule has 4 heteroatoms. The van der Waals surface area contributed by atoms with E-state index in [1.54, 1.807) is 13.0 Å². The van der Waals surface area contributed by atoms with Crippen molar-refractivity contribution in [1.82, 2.24) is 5.32 Å². The van der Waals surface area contributed by atoms with Gasteiger partial charge in [0.1, 0.15) is 0 Å². The Labute approximate surface area is 131 Å². The van der Waals surface area contributed by atoms with Crippen molar-refractivity contribution in [2.24, 2.45) is 0 Å². The number of ether oxygens (including phenoxy) is 1. The van der Waals surface area contributed by atoms with Crippen molar-refractivity contribution in [3.05, 3.63) is 59.7 Å². The highest BCUT2D eigenvalue weighted by molar-refractivity contribution is 5.93. The summed E-state index contributed by atoms with van der Waals surface area (Å²) in [6, 6.07) is 9.69. The number of unbranched alkanes of at least 4 members (excludes halogenated alkanes) is 1. The lowest BCUT2D eigenvalue weighted by Gasteiger charge is -2.04. The SMILES string of the molecule is CCCCOC(=O)/C=C/C=C(/C)C(=O)NCc1ccccc1. The molecule has 1 rings (SSSR count). The van der Waals surface area contributed by atoms with Crippen LogP contribution in [0.4, 0.5) is 0 Å². The standard InChI is InChI=1S/C18H23NO3/c1-3-4-13-22-17(20)12-8-9-15(2)18(21)19-14-16-10-6-5-7-11-16/h5-12H,3-4,13-14H2,1-2H3,(H,19,21)/b12-8+,15-9-. The zero-order chi connectivity index (χ0) is 16.2. The minimum absolute atomic E-state index is 0.159. The molecule has 0 bridgehead atoms. The third-order valence-electron chi connectivity index (χ3n) is 2.97. The molecule has 1 aromatic rings. The fraction of sp³-hybridized carbons (Fsp3) is 0.333. The molecule has 1 N–H and O–H groups in total. The molecule has 0 heterocycles. The first-order valence-corrected chi connectivity index (χ1v) is 7.47. The van der Waals surface area contributed by atoms with E-state index in [1.165, 1.54) is 12.2 Å². The van der Waals surface area contributed by atoms with Crippen LogP contribution in [0.2, 0.25) is 0 Å². The number of carbonyl (C=O) groups excluding carboxylic acids is 2. The summed E-state index contributed by atoms with van der Waals surface area (Å²) in [6.45, 7) is 4.64. The Bertz CT molecular complexity index is 533. The van der Waals surface area contributed by atoms with Gasteiger partial charge in [0.05, 0.1) is 6.61 Å². The van der Waals surface area contributed by atoms with Gasteiger partial charge in [0.2, 0.25) is 5.91 Å². The monoisotopic (exact) mass is 301 g/mol. The number of rotatable bonds is 8. The van der Waals surface area contributed by atoms with Crippen LogP contribution < -0.4 is 5.32 Å². The van der Waals surface area contributed by atoms with Crippen LogP contribution in [-0.2, 0) is 20.9 Å². The van der Waals surface area contributed by atoms with Gasteiger partial charge < -0.3 is 10.1 Å². The average molecular weight is 301 g/mol. The van der Waals surface area contributed by atoms with Crippen LogP contribution in [0.1, 0.15) is 32.3 Å². The van der Waals surface area contributed by atoms with E-state index in [-0.39, 0.29) is 11.9 Å². The predicted octanol–water partition coefficient (Wildman–Crippen LogP) is 3.15. The molecule has 0 aliphatic rings. The second kappa shape index (κ2) is 10.4. The van der Waals surface area contributed by atoms with Crippen LogP contribution in [0.15, 0.2) is 54.1 Å². The Balaban J connectivity index is 2.37. The zero-order valence-electron chi connectivity index (χ0n) is 13.2. The number of amides is 1. The molecule has 22 heavy (non-hydrogen) atoms. The fourth-order valence-corrected chi connectivity index (χ4v) is 1.63. The first-order valence-electron chi connectivity index (χ1n) is 7.47. The summed E-state index contributed by atoms with van der Waals surface area (Å²) in [5.74, 6) is -0.546. The Morgan fingerprint density at radius 2 is 1.95 bits per heavy atom. The number of hydrogen-bond acceptors (Lipinski definition) is 3. The summed E-state index contributed by atoms with van der Waals surface area (Å²) in [5.41, 5.74) is 1.58. The van der Waals surface area contributed by atoms with Gasteiger partial charge in [-0.1, -0.05) is 55.8 Å². The molecule has 1 aromatic carbocycles. The highest BCUT2D eigenvalue weighted by Crippen LogP contribution is 1.99. The summed E-state index contributed by atoms with van der Waals surface area (Å²) < 4.78 is 4.97. The molecule has 0 aromatic heterocycles. The van der Waals surface area contributed by atoms with Crippen molar-refractivity contribution in [2.75, 3.05) is 6.61 Å². The topological polar surface area (TPSA) is 55.4 Å². The number of allylic oxidation sites excluding steroid dienone is 2. The molecule has 0 saturated carbocycles. The lowest BCUT2D eigenvalue weighted by atomic mass is 10.2. The molecule has 0 unspecified atom stereocenters. The molecule has 4 nitrogen and oxygen atoms in total. The molecule has 118 valence electrons. The first kappa shape index (κ1) is 17.7. The van der Waals surface area contributed by atoms with E-state index in [0.29, 0.717) is 18.7 Å². The second-order valence-electron chi connectivity index (χ2n) is 4.90. The van der Waals surface area contributed by atoms with Crippen LogP contribution in [0.5, 0.6) is 0 Å². The summed E-state index contributed by atoms with van der Waals surface area (Å²) in [5, 5.41) is 2.82. The van der Waals surface area contributed by atoms with Gasteiger partial charge in [-0.2, -0.15) is 0 Å². The van der Waals surface area contributed by atoms with Crippen LogP contribution in [-0.4, -0.2) is 18.5 Å². The van der Waals surface area contributed by atoms with Gasteiger partial charge in [-0.25, -0.2) is 4.79 Å². The Morgan fingerprint density at radius 1 is 1.23 bits per heavy atom. The van der Waals surface area contributed by atoms with Crippen LogP contribution in [0.3, 0.4) is 0 Å². The molecule has 0 fully saturated rings. The van der Waals surface area contributed by atoms with Gasteiger partial charge in [-0.15, -0.1) is 0 Å². The lowest BCUT2D eigenvalue weighted by Crippen LogP contribution is -2.23. The van der Waals surface area contributed by atoms with Crippen molar-refractivity contribution in [3.8, 4) is 0 Å². The molecule has 0 spiro atoms. The summed E-state index contributed by atoms with van der Waals surface area (Å²) in [6.07, 6.45) is 6.30. The van der Waals surface area contributed by atoms with Crippen molar-refractivity contribution in [3.63, 3.8) is 0 Å². The quantitative estimate of drug-likeness (QED) is 0.347. The molecular weight excluding hydrogens is 278 g/mol. The van der Waals surface area contributed by atoms with Crippen molar-refractivity contribution >= 4 is 11.9 Å². The van der Waals surface area contributed by atoms with Gasteiger partial charge in [-0.3, -0.25) is 4.79 Å². The third-order valence-corrected chi connectivity index (χ3v) is 2.97. The van der Waals surface area contributed by atoms with Gasteiger partial charge in [-0.05, 0) is 18.9 Å². The maximum absolute atomic E-state index is 11.9. The Hall–Kier alpha value is -2.36. The van der Waals surface area contributed by atoms with E-state index in [2.05, 4.69) is 5.32 Å². The van der Waals surface area contributed by atoms with Crippen molar-refractivity contribution in [2.45, 2.75) is 33.2 Å². The van der Waals surface area contributed by atoms with E-state index >= 15 is 0 Å². The van der Waals surface area contributed by atoms with E-state index in [0.717, 1.165) is 18.4 Å². The van der Waals surface area contributed by atoms with Crippen molar-refractivity contribution < 1.29 is 14.3 Å². The molecule has 0 atom stereocenters. The highest BCUT2D eigenvalue weighted by atomic mass is 16.5. The Kier molecular flexibility index (Phi) is 8.35. The molecular formula is C18H23NO3. The number of benzene rings is 1. The van der Waals surface area contributed by atoms with E-state index in [4.69, 9.17) is 4.74 Å². The summed E-state index contributed by atoms with van der Waals surface area (Å²) >= 11 is 0. The third kappa shape index (κ3) is 7.43. The number of esters is 1. The van der Waals surface area contributed by atoms with Crippen molar-refractivity contribution in [1.29, 1.82) is 0 Å². The maximum Gasteiger partial charge on any atom is 0.330 e. The average Bonchev–Trinajstić information content (AvgIpc) is 2.53. The summed E-state index contributed by atoms with van der Waals surface area (Å²) in [7, 11) is 0. The van der Waals surface area contributed by atoms with Crippen LogP contribution in [0.25, 0.3) is 0 Å². The minimum atomic E-state index is -0.387. The molecule has 1 amide bonds. The molecule has 0 aliphatic heterocycles. The second-order valence-corrected chi connectivity index (χ2v) is 4.90. The minimum Gasteiger partial charge on any atom is -0.463 e. The summed E-state index contributed by atoms with van der Waals surface area (Å²) in [4.78, 5) is 23.2. The van der Waals surface area contributed by atoms with E-state index < -0.39 is 0 Å². The number of carbonyl (C=O) groups is 2. The normalized spacial score (nSPS) is 11.5. The van der Waals surface area contributed by atoms with Gasteiger partial charge >= 0.3 is 5.97 Å². The van der Waals surface area contributed by atoms with E-state index in [1.807, 2.05) is 37.3 Å². The zero-order valence-corrected chi connectivity index (χ0v) is 13.2. The van der Waals surface area contributed by atoms with Crippen LogP contribution in [0, 0.1) is 0 Å². The highest BCUT2D eigenvalue weighted by Gasteiger charge is 2.02. The molecule has 0 saturated heterocycles. The Morgan fingerprint density at radius 3 is 2.64 bits per heavy atom. The first-order chi connectivity index (χ1) is 10.6. The lowest BCUT2D eigenvalue weighted by molar-refractivity contribution is -0.137. The van der Waals surface area contributed by atoms with Gasteiger partial charge in [0, 0.05) is 18.2 Å². The fourth-order valence-electron chi connectivity index (χ4n) is 1.63. The predicted molar refractivity (Wildman–Crippen MR) is 87.1 cm³/mol. The van der Waals surface area contributed by atoms with Crippen LogP contribution >= 0.6 is 0 Å². The van der Waals surface area contributed by atoms with Gasteiger partial charge in [0.25, 0.3) is 0 Å². The number of hydrogen-bond donors (Lipinski definition) is 1. The van der Waals surface area contributed by atoms with Gasteiger partial charge in [0.15, 0.2) is 0 Å². The smallest absolute Gasteiger partial charge is 0.330 e. The largest absolute Gasteiger partial charge is 0.463 e. The van der Waals surface area contributed by atoms with E-state index in [9.17, 15) is 9.59 Å². The maximum atomic E-state index is 11.9. The number of nitrogens with one attached hydrogen (secondary N) is 1. The molecule has 0 aliphatic carbocycles. The molecule has 0 radical (unpaired) electrons.